The number of rotatable bonds is 4. The van der Waals surface area contributed by atoms with Crippen molar-refractivity contribution in [2.24, 2.45) is 5.14 Å². The number of anilines is 1. The van der Waals surface area contributed by atoms with E-state index >= 15 is 0 Å². The van der Waals surface area contributed by atoms with Gasteiger partial charge >= 0.3 is 5.97 Å². The average molecular weight is 256 g/mol. The van der Waals surface area contributed by atoms with E-state index < -0.39 is 16.2 Å². The van der Waals surface area contributed by atoms with E-state index in [1.807, 2.05) is 0 Å². The van der Waals surface area contributed by atoms with E-state index in [1.54, 1.807) is 19.1 Å². The molecule has 0 aromatic heterocycles. The zero-order valence-corrected chi connectivity index (χ0v) is 9.86. The summed E-state index contributed by atoms with van der Waals surface area (Å²) in [4.78, 5) is 10.3. The highest BCUT2D eigenvalue weighted by Gasteiger charge is 2.05. The topological polar surface area (TPSA) is 109 Å². The number of aryl methyl sites for hydroxylation is 1. The second-order valence-electron chi connectivity index (χ2n) is 3.39. The fraction of sp³-hybridized carbons (Fsp3) is 0.100. The molecule has 0 saturated heterocycles. The summed E-state index contributed by atoms with van der Waals surface area (Å²) < 4.78 is 23.8. The van der Waals surface area contributed by atoms with Gasteiger partial charge in [-0.05, 0) is 36.3 Å². The largest absolute Gasteiger partial charge is 0.478 e. The first-order valence-corrected chi connectivity index (χ1v) is 6.15. The van der Waals surface area contributed by atoms with Crippen LogP contribution in [0.1, 0.15) is 11.1 Å². The number of nitrogens with one attached hydrogen (secondary N) is 1. The van der Waals surface area contributed by atoms with Crippen LogP contribution in [0.25, 0.3) is 6.08 Å². The van der Waals surface area contributed by atoms with Crippen LogP contribution >= 0.6 is 0 Å². The van der Waals surface area contributed by atoms with Gasteiger partial charge in [-0.25, -0.2) is 9.93 Å². The highest BCUT2D eigenvalue weighted by Crippen LogP contribution is 2.17. The summed E-state index contributed by atoms with van der Waals surface area (Å²) in [5.74, 6) is -1.05. The molecule has 17 heavy (non-hydrogen) atoms. The molecule has 0 amide bonds. The van der Waals surface area contributed by atoms with E-state index in [4.69, 9.17) is 10.2 Å². The van der Waals surface area contributed by atoms with Crippen LogP contribution in [-0.2, 0) is 15.0 Å². The predicted molar refractivity (Wildman–Crippen MR) is 64.6 cm³/mol. The fourth-order valence-electron chi connectivity index (χ4n) is 1.23. The van der Waals surface area contributed by atoms with Gasteiger partial charge in [0.15, 0.2) is 0 Å². The summed E-state index contributed by atoms with van der Waals surface area (Å²) in [5.41, 5.74) is 1.66. The third kappa shape index (κ3) is 4.66. The van der Waals surface area contributed by atoms with Crippen molar-refractivity contribution in [2.75, 3.05) is 4.72 Å². The maximum atomic E-state index is 10.8. The van der Waals surface area contributed by atoms with Gasteiger partial charge in [0.2, 0.25) is 0 Å². The van der Waals surface area contributed by atoms with Gasteiger partial charge in [0, 0.05) is 6.08 Å². The van der Waals surface area contributed by atoms with Crippen LogP contribution in [0.15, 0.2) is 24.3 Å². The number of hydrogen-bond donors (Lipinski definition) is 3. The van der Waals surface area contributed by atoms with Crippen LogP contribution in [0, 0.1) is 6.92 Å². The molecule has 0 atom stereocenters. The SMILES string of the molecule is Cc1cc(/C=C/C(=O)O)ccc1NS(N)(=O)=O. The summed E-state index contributed by atoms with van der Waals surface area (Å²) in [7, 11) is -3.80. The Bertz CT molecular complexity index is 564. The maximum Gasteiger partial charge on any atom is 0.328 e. The Morgan fingerprint density at radius 3 is 2.59 bits per heavy atom. The molecule has 0 unspecified atom stereocenters. The van der Waals surface area contributed by atoms with Crippen LogP contribution in [0.4, 0.5) is 5.69 Å². The lowest BCUT2D eigenvalue weighted by molar-refractivity contribution is -0.131. The Morgan fingerprint density at radius 1 is 1.47 bits per heavy atom. The van der Waals surface area contributed by atoms with Crippen LogP contribution in [0.2, 0.25) is 0 Å². The van der Waals surface area contributed by atoms with Gasteiger partial charge in [0.1, 0.15) is 0 Å². The van der Waals surface area contributed by atoms with Gasteiger partial charge in [-0.2, -0.15) is 8.42 Å². The summed E-state index contributed by atoms with van der Waals surface area (Å²) in [6, 6.07) is 4.74. The molecular weight excluding hydrogens is 244 g/mol. The Hall–Kier alpha value is -1.86. The molecule has 0 aliphatic rings. The molecular formula is C10H12N2O4S. The summed E-state index contributed by atoms with van der Waals surface area (Å²) in [5, 5.41) is 13.3. The van der Waals surface area contributed by atoms with E-state index in [-0.39, 0.29) is 0 Å². The lowest BCUT2D eigenvalue weighted by Gasteiger charge is -2.07. The molecule has 7 heteroatoms. The first kappa shape index (κ1) is 13.2. The quantitative estimate of drug-likeness (QED) is 0.689. The number of carboxylic acid groups (broad SMARTS) is 1. The molecule has 0 bridgehead atoms. The molecule has 0 fully saturated rings. The van der Waals surface area contributed by atoms with Gasteiger partial charge in [-0.15, -0.1) is 0 Å². The van der Waals surface area contributed by atoms with Gasteiger partial charge in [0.05, 0.1) is 5.69 Å². The highest BCUT2D eigenvalue weighted by atomic mass is 32.2. The van der Waals surface area contributed by atoms with Crippen molar-refractivity contribution in [3.63, 3.8) is 0 Å². The number of nitrogens with two attached hydrogens (primary N) is 1. The predicted octanol–water partition coefficient (Wildman–Crippen LogP) is 0.708. The third-order valence-electron chi connectivity index (χ3n) is 1.92. The fourth-order valence-corrected chi connectivity index (χ4v) is 1.76. The van der Waals surface area contributed by atoms with Crippen molar-refractivity contribution in [3.8, 4) is 0 Å². The summed E-state index contributed by atoms with van der Waals surface area (Å²) in [6.45, 7) is 1.69. The number of benzene rings is 1. The Labute approximate surface area is 98.9 Å². The van der Waals surface area contributed by atoms with Crippen LogP contribution < -0.4 is 9.86 Å². The van der Waals surface area contributed by atoms with Crippen LogP contribution in [0.5, 0.6) is 0 Å². The smallest absolute Gasteiger partial charge is 0.328 e. The minimum Gasteiger partial charge on any atom is -0.478 e. The molecule has 0 aliphatic carbocycles. The number of carboxylic acids is 1. The van der Waals surface area contributed by atoms with Crippen molar-refractivity contribution in [1.82, 2.24) is 0 Å². The van der Waals surface area contributed by atoms with E-state index in [0.717, 1.165) is 6.08 Å². The second-order valence-corrected chi connectivity index (χ2v) is 4.69. The third-order valence-corrected chi connectivity index (χ3v) is 2.43. The first-order valence-electron chi connectivity index (χ1n) is 4.60. The summed E-state index contributed by atoms with van der Waals surface area (Å²) >= 11 is 0. The molecule has 1 rings (SSSR count). The number of hydrogen-bond acceptors (Lipinski definition) is 3. The highest BCUT2D eigenvalue weighted by molar-refractivity contribution is 7.90. The molecule has 0 aliphatic heterocycles. The minimum absolute atomic E-state index is 0.361. The van der Waals surface area contributed by atoms with Gasteiger partial charge < -0.3 is 5.11 Å². The Kier molecular flexibility index (Phi) is 3.87. The molecule has 1 aromatic carbocycles. The van der Waals surface area contributed by atoms with Crippen molar-refractivity contribution in [3.05, 3.63) is 35.4 Å². The van der Waals surface area contributed by atoms with E-state index in [2.05, 4.69) is 4.72 Å². The molecule has 92 valence electrons. The van der Waals surface area contributed by atoms with Crippen molar-refractivity contribution in [2.45, 2.75) is 6.92 Å². The molecule has 0 radical (unpaired) electrons. The van der Waals surface area contributed by atoms with Gasteiger partial charge in [-0.3, -0.25) is 4.72 Å². The monoisotopic (exact) mass is 256 g/mol. The van der Waals surface area contributed by atoms with Gasteiger partial charge in [-0.1, -0.05) is 6.07 Å². The summed E-state index contributed by atoms with van der Waals surface area (Å²) in [6.07, 6.45) is 2.41. The van der Waals surface area contributed by atoms with Crippen LogP contribution in [-0.4, -0.2) is 19.5 Å². The molecule has 0 heterocycles. The lowest BCUT2D eigenvalue weighted by atomic mass is 10.1. The van der Waals surface area contributed by atoms with Gasteiger partial charge in [0.25, 0.3) is 10.2 Å². The Morgan fingerprint density at radius 2 is 2.12 bits per heavy atom. The van der Waals surface area contributed by atoms with Crippen molar-refractivity contribution in [1.29, 1.82) is 0 Å². The average Bonchev–Trinajstić information content (AvgIpc) is 2.17. The minimum atomic E-state index is -3.80. The van der Waals surface area contributed by atoms with Crippen LogP contribution in [0.3, 0.4) is 0 Å². The van der Waals surface area contributed by atoms with Crippen molar-refractivity contribution >= 4 is 27.9 Å². The molecule has 6 nitrogen and oxygen atoms in total. The van der Waals surface area contributed by atoms with E-state index in [9.17, 15) is 13.2 Å². The molecule has 4 N–H and O–H groups in total. The van der Waals surface area contributed by atoms with E-state index in [0.29, 0.717) is 16.8 Å². The second kappa shape index (κ2) is 4.98. The van der Waals surface area contributed by atoms with E-state index in [1.165, 1.54) is 12.1 Å². The normalized spacial score (nSPS) is 11.6. The molecule has 0 saturated carbocycles. The number of aliphatic carboxylic acids is 1. The molecule has 0 spiro atoms. The molecule has 1 aromatic rings. The maximum absolute atomic E-state index is 10.8. The zero-order chi connectivity index (χ0) is 13.1. The zero-order valence-electron chi connectivity index (χ0n) is 9.04. The first-order chi connectivity index (χ1) is 7.78. The standard InChI is InChI=1S/C10H12N2O4S/c1-7-6-8(3-5-10(13)14)2-4-9(7)12-17(11,15)16/h2-6,12H,1H3,(H,13,14)(H2,11,15,16)/b5-3+. The Balaban J connectivity index is 2.98. The van der Waals surface area contributed by atoms with Crippen molar-refractivity contribution < 1.29 is 18.3 Å². The number of carbonyl (C=O) groups is 1. The lowest BCUT2D eigenvalue weighted by Crippen LogP contribution is -2.22.